The van der Waals surface area contributed by atoms with Gasteiger partial charge in [0.2, 0.25) is 0 Å². The van der Waals surface area contributed by atoms with Crippen LogP contribution in [0.25, 0.3) is 0 Å². The number of fused-ring (bicyclic) bond motifs is 1. The number of anilines is 1. The second kappa shape index (κ2) is 5.53. The van der Waals surface area contributed by atoms with Gasteiger partial charge in [-0.15, -0.1) is 0 Å². The van der Waals surface area contributed by atoms with E-state index in [2.05, 4.69) is 5.32 Å². The zero-order valence-corrected chi connectivity index (χ0v) is 15.0. The van der Waals surface area contributed by atoms with Crippen LogP contribution >= 0.6 is 0 Å². The summed E-state index contributed by atoms with van der Waals surface area (Å²) in [6.45, 7) is 12.6. The lowest BCUT2D eigenvalue weighted by Gasteiger charge is -2.39. The molecule has 0 aliphatic carbocycles. The number of carbonyl (C=O) groups excluding carboxylic acids is 1. The van der Waals surface area contributed by atoms with E-state index in [1.807, 2.05) is 52.7 Å². The molecule has 23 heavy (non-hydrogen) atoms. The van der Waals surface area contributed by atoms with Crippen molar-refractivity contribution in [2.75, 3.05) is 5.32 Å². The van der Waals surface area contributed by atoms with E-state index in [-0.39, 0.29) is 6.92 Å². The molecule has 1 aliphatic heterocycles. The summed E-state index contributed by atoms with van der Waals surface area (Å²) < 4.78 is 11.4. The van der Waals surface area contributed by atoms with Gasteiger partial charge >= 0.3 is 13.0 Å². The highest BCUT2D eigenvalue weighted by Crippen LogP contribution is 2.35. The second-order valence-electron chi connectivity index (χ2n) is 7.66. The van der Waals surface area contributed by atoms with E-state index in [1.54, 1.807) is 13.8 Å². The smallest absolute Gasteiger partial charge is 0.412 e. The van der Waals surface area contributed by atoms with E-state index in [0.717, 1.165) is 16.7 Å². The molecular weight excluding hydrogens is 293 g/mol. The minimum atomic E-state index is -0.973. The molecule has 0 atom stereocenters. The van der Waals surface area contributed by atoms with Gasteiger partial charge in [-0.05, 0) is 53.1 Å². The average Bonchev–Trinajstić information content (AvgIpc) is 2.34. The highest BCUT2D eigenvalue weighted by molar-refractivity contribution is 6.66. The standard InChI is InChI=1S/C17H26BNO4/c1-15(2)12-9-8-11(10-13(12)19-14(20)22-15)18(7)23-17(5,6)16(3,4)21/h8-10,21H,1-7H3,(H,19,20). The summed E-state index contributed by atoms with van der Waals surface area (Å²) in [7, 11) is 0. The van der Waals surface area contributed by atoms with E-state index in [4.69, 9.17) is 9.39 Å². The molecule has 0 bridgehead atoms. The molecule has 2 N–H and O–H groups in total. The molecule has 0 spiro atoms. The molecule has 126 valence electrons. The van der Waals surface area contributed by atoms with Gasteiger partial charge in [-0.25, -0.2) is 4.79 Å². The number of aliphatic hydroxyl groups is 1. The minimum absolute atomic E-state index is 0.232. The zero-order valence-electron chi connectivity index (χ0n) is 15.0. The van der Waals surface area contributed by atoms with Crippen LogP contribution in [0, 0.1) is 0 Å². The Morgan fingerprint density at radius 2 is 1.87 bits per heavy atom. The maximum Gasteiger partial charge on any atom is 0.412 e. The first kappa shape index (κ1) is 17.8. The summed E-state index contributed by atoms with van der Waals surface area (Å²) in [4.78, 5) is 11.7. The van der Waals surface area contributed by atoms with Crippen molar-refractivity contribution < 1.29 is 19.3 Å². The summed E-state index contributed by atoms with van der Waals surface area (Å²) in [6.07, 6.45) is -0.454. The normalized spacial score (nSPS) is 17.1. The van der Waals surface area contributed by atoms with Gasteiger partial charge in [0.25, 0.3) is 0 Å². The highest BCUT2D eigenvalue weighted by atomic mass is 16.6. The molecule has 1 amide bonds. The van der Waals surface area contributed by atoms with E-state index in [1.165, 1.54) is 0 Å². The van der Waals surface area contributed by atoms with Crippen molar-refractivity contribution in [2.45, 2.75) is 65.2 Å². The van der Waals surface area contributed by atoms with Crippen LogP contribution in [0.3, 0.4) is 0 Å². The van der Waals surface area contributed by atoms with Gasteiger partial charge in [0.1, 0.15) is 5.60 Å². The third kappa shape index (κ3) is 3.53. The Kier molecular flexibility index (Phi) is 4.28. The fourth-order valence-electron chi connectivity index (χ4n) is 2.52. The number of hydrogen-bond donors (Lipinski definition) is 2. The van der Waals surface area contributed by atoms with Crippen molar-refractivity contribution in [3.05, 3.63) is 23.8 Å². The van der Waals surface area contributed by atoms with Crippen molar-refractivity contribution in [1.82, 2.24) is 0 Å². The fraction of sp³-hybridized carbons (Fsp3) is 0.588. The van der Waals surface area contributed by atoms with E-state index < -0.39 is 22.9 Å². The molecule has 1 aliphatic rings. The van der Waals surface area contributed by atoms with Crippen molar-refractivity contribution in [3.8, 4) is 0 Å². The Labute approximate surface area is 138 Å². The number of hydrogen-bond acceptors (Lipinski definition) is 4. The van der Waals surface area contributed by atoms with Crippen LogP contribution < -0.4 is 10.8 Å². The van der Waals surface area contributed by atoms with Crippen LogP contribution in [0.2, 0.25) is 6.82 Å². The molecule has 6 heteroatoms. The number of cyclic esters (lactones) is 1. The van der Waals surface area contributed by atoms with Crippen LogP contribution in [0.15, 0.2) is 18.2 Å². The third-order valence-electron chi connectivity index (χ3n) is 4.69. The predicted molar refractivity (Wildman–Crippen MR) is 92.3 cm³/mol. The summed E-state index contributed by atoms with van der Waals surface area (Å²) in [5.74, 6) is 0. The number of amides is 1. The van der Waals surface area contributed by atoms with Crippen LogP contribution in [0.5, 0.6) is 0 Å². The first-order valence-electron chi connectivity index (χ1n) is 7.88. The molecular formula is C17H26BNO4. The first-order valence-corrected chi connectivity index (χ1v) is 7.88. The van der Waals surface area contributed by atoms with Gasteiger partial charge in [0.05, 0.1) is 16.9 Å². The second-order valence-corrected chi connectivity index (χ2v) is 7.66. The summed E-state index contributed by atoms with van der Waals surface area (Å²) in [5, 5.41) is 13.0. The lowest BCUT2D eigenvalue weighted by atomic mass is 9.62. The quantitative estimate of drug-likeness (QED) is 0.838. The van der Waals surface area contributed by atoms with Crippen molar-refractivity contribution in [3.63, 3.8) is 0 Å². The molecule has 0 fully saturated rings. The van der Waals surface area contributed by atoms with E-state index in [9.17, 15) is 9.90 Å². The van der Waals surface area contributed by atoms with Crippen molar-refractivity contribution in [2.24, 2.45) is 0 Å². The number of ether oxygens (including phenoxy) is 1. The summed E-state index contributed by atoms with van der Waals surface area (Å²) >= 11 is 0. The van der Waals surface area contributed by atoms with Gasteiger partial charge < -0.3 is 14.5 Å². The van der Waals surface area contributed by atoms with Gasteiger partial charge in [-0.3, -0.25) is 5.32 Å². The van der Waals surface area contributed by atoms with Crippen LogP contribution in [0.1, 0.15) is 47.1 Å². The molecule has 0 saturated carbocycles. The Bertz CT molecular complexity index is 620. The van der Waals surface area contributed by atoms with E-state index >= 15 is 0 Å². The summed E-state index contributed by atoms with van der Waals surface area (Å²) in [6, 6.07) is 5.82. The highest BCUT2D eigenvalue weighted by Gasteiger charge is 2.39. The summed E-state index contributed by atoms with van der Waals surface area (Å²) in [5.41, 5.74) is 0.245. The minimum Gasteiger partial charge on any atom is -0.438 e. The molecule has 0 aromatic heterocycles. The Morgan fingerprint density at radius 1 is 1.26 bits per heavy atom. The van der Waals surface area contributed by atoms with Gasteiger partial charge in [0.15, 0.2) is 0 Å². The average molecular weight is 319 g/mol. The number of benzene rings is 1. The molecule has 2 rings (SSSR count). The topological polar surface area (TPSA) is 67.8 Å². The molecule has 1 aromatic carbocycles. The van der Waals surface area contributed by atoms with Gasteiger partial charge in [0, 0.05) is 5.56 Å². The van der Waals surface area contributed by atoms with Crippen LogP contribution in [-0.2, 0) is 15.0 Å². The predicted octanol–water partition coefficient (Wildman–Crippen LogP) is 2.88. The molecule has 0 radical (unpaired) electrons. The van der Waals surface area contributed by atoms with Crippen LogP contribution in [0.4, 0.5) is 10.5 Å². The lowest BCUT2D eigenvalue weighted by Crippen LogP contribution is -2.52. The maximum atomic E-state index is 11.7. The molecule has 1 aromatic rings. The van der Waals surface area contributed by atoms with Gasteiger partial charge in [-0.1, -0.05) is 19.0 Å². The Hall–Kier alpha value is -1.53. The Balaban J connectivity index is 2.29. The molecule has 0 saturated heterocycles. The number of rotatable bonds is 4. The molecule has 1 heterocycles. The van der Waals surface area contributed by atoms with Crippen LogP contribution in [-0.4, -0.2) is 29.3 Å². The van der Waals surface area contributed by atoms with Crippen molar-refractivity contribution >= 4 is 24.2 Å². The number of carbonyl (C=O) groups is 1. The Morgan fingerprint density at radius 3 is 2.43 bits per heavy atom. The monoisotopic (exact) mass is 319 g/mol. The van der Waals surface area contributed by atoms with Gasteiger partial charge in [-0.2, -0.15) is 0 Å². The fourth-order valence-corrected chi connectivity index (χ4v) is 2.52. The SMILES string of the molecule is CB(OC(C)(C)C(C)(C)O)c1ccc2c(c1)NC(=O)OC2(C)C. The van der Waals surface area contributed by atoms with E-state index in [0.29, 0.717) is 0 Å². The third-order valence-corrected chi connectivity index (χ3v) is 4.69. The van der Waals surface area contributed by atoms with Crippen molar-refractivity contribution in [1.29, 1.82) is 0 Å². The molecule has 0 unspecified atom stereocenters. The molecule has 5 nitrogen and oxygen atoms in total. The first-order chi connectivity index (χ1) is 10.3. The zero-order chi connectivity index (χ0) is 17.6. The number of nitrogens with one attached hydrogen (secondary N) is 1. The lowest BCUT2D eigenvalue weighted by molar-refractivity contribution is -0.0918. The maximum absolute atomic E-state index is 11.7. The largest absolute Gasteiger partial charge is 0.438 e.